The van der Waals surface area contributed by atoms with Crippen LogP contribution in [0.3, 0.4) is 0 Å². The number of aryl methyl sites for hydroxylation is 1. The Bertz CT molecular complexity index is 845. The summed E-state index contributed by atoms with van der Waals surface area (Å²) in [5.41, 5.74) is 0.895. The lowest BCUT2D eigenvalue weighted by atomic mass is 9.67. The molecule has 1 saturated carbocycles. The van der Waals surface area contributed by atoms with Crippen LogP contribution in [0.4, 0.5) is 0 Å². The van der Waals surface area contributed by atoms with Crippen molar-refractivity contribution in [1.29, 1.82) is 0 Å². The van der Waals surface area contributed by atoms with Crippen LogP contribution in [-0.4, -0.2) is 32.7 Å². The van der Waals surface area contributed by atoms with Gasteiger partial charge in [-0.2, -0.15) is 0 Å². The smallest absolute Gasteiger partial charge is 0.258 e. The molecule has 0 spiro atoms. The molecule has 138 valence electrons. The van der Waals surface area contributed by atoms with E-state index in [2.05, 4.69) is 24.0 Å². The van der Waals surface area contributed by atoms with Crippen molar-refractivity contribution < 1.29 is 14.3 Å². The third-order valence-corrected chi connectivity index (χ3v) is 6.03. The molecule has 2 heterocycles. The number of carbonyl (C=O) groups is 1. The second-order valence-electron chi connectivity index (χ2n) is 7.69. The first-order valence-electron chi connectivity index (χ1n) is 9.45. The molecule has 1 aliphatic heterocycles. The van der Waals surface area contributed by atoms with Crippen molar-refractivity contribution >= 4 is 5.91 Å². The van der Waals surface area contributed by atoms with Crippen molar-refractivity contribution in [3.05, 3.63) is 41.1 Å². The molecule has 0 unspecified atom stereocenters. The zero-order valence-electron chi connectivity index (χ0n) is 15.5. The topological polar surface area (TPSA) is 79.5 Å². The number of aromatic hydroxyl groups is 1. The molecule has 2 aromatic rings. The van der Waals surface area contributed by atoms with Crippen LogP contribution < -0.4 is 0 Å². The van der Waals surface area contributed by atoms with Crippen LogP contribution in [0, 0.1) is 5.92 Å². The molecule has 1 aliphatic carbocycles. The predicted molar refractivity (Wildman–Crippen MR) is 95.9 cm³/mol. The van der Waals surface area contributed by atoms with Crippen LogP contribution in [0.2, 0.25) is 0 Å². The van der Waals surface area contributed by atoms with Gasteiger partial charge in [-0.3, -0.25) is 4.79 Å². The first-order valence-corrected chi connectivity index (χ1v) is 9.45. The van der Waals surface area contributed by atoms with Crippen molar-refractivity contribution in [2.24, 2.45) is 5.92 Å². The van der Waals surface area contributed by atoms with Crippen molar-refractivity contribution in [3.8, 4) is 5.75 Å². The number of nitrogens with zero attached hydrogens (tertiary/aromatic N) is 3. The lowest BCUT2D eigenvalue weighted by Gasteiger charge is -2.47. The number of benzene rings is 1. The quantitative estimate of drug-likeness (QED) is 0.906. The number of phenols is 1. The Kier molecular flexibility index (Phi) is 4.01. The highest BCUT2D eigenvalue weighted by molar-refractivity contribution is 5.98. The van der Waals surface area contributed by atoms with Crippen molar-refractivity contribution in [3.63, 3.8) is 0 Å². The van der Waals surface area contributed by atoms with Gasteiger partial charge >= 0.3 is 0 Å². The predicted octanol–water partition coefficient (Wildman–Crippen LogP) is 3.61. The molecule has 6 nitrogen and oxygen atoms in total. The summed E-state index contributed by atoms with van der Waals surface area (Å²) >= 11 is 0. The van der Waals surface area contributed by atoms with Gasteiger partial charge < -0.3 is 14.4 Å². The number of aromatic nitrogens is 2. The number of fused-ring (bicyclic) bond motifs is 1. The maximum absolute atomic E-state index is 13.4. The summed E-state index contributed by atoms with van der Waals surface area (Å²) in [6.07, 6.45) is 3.50. The Labute approximate surface area is 153 Å². The Morgan fingerprint density at radius 2 is 2.19 bits per heavy atom. The Balaban J connectivity index is 1.73. The fourth-order valence-corrected chi connectivity index (χ4v) is 4.33. The summed E-state index contributed by atoms with van der Waals surface area (Å²) in [5.74, 6) is 1.67. The summed E-state index contributed by atoms with van der Waals surface area (Å²) in [4.78, 5) is 15.2. The Hall–Kier alpha value is -2.37. The maximum atomic E-state index is 13.4. The summed E-state index contributed by atoms with van der Waals surface area (Å²) in [6.45, 7) is 6.77. The highest BCUT2D eigenvalue weighted by Crippen LogP contribution is 2.57. The van der Waals surface area contributed by atoms with Gasteiger partial charge in [0, 0.05) is 13.0 Å². The highest BCUT2D eigenvalue weighted by atomic mass is 16.4. The summed E-state index contributed by atoms with van der Waals surface area (Å²) < 4.78 is 5.87. The standard InChI is InChI=1S/C20H25N3O3/c1-4-17-21-22-19(26-17)20-9-7-14(20)8-10-23(20)18(25)15-11-13(12(2)3)5-6-16(15)24/h5-6,11-12,14,24H,4,7-10H2,1-3H3/t14-,20-/m0/s1. The highest BCUT2D eigenvalue weighted by Gasteiger charge is 2.61. The molecule has 1 aromatic carbocycles. The molecule has 4 rings (SSSR count). The monoisotopic (exact) mass is 355 g/mol. The molecule has 2 atom stereocenters. The molecule has 0 bridgehead atoms. The van der Waals surface area contributed by atoms with Gasteiger partial charge in [-0.1, -0.05) is 26.8 Å². The van der Waals surface area contributed by atoms with Gasteiger partial charge in [0.15, 0.2) is 0 Å². The van der Waals surface area contributed by atoms with E-state index >= 15 is 0 Å². The van der Waals surface area contributed by atoms with Crippen LogP contribution in [0.5, 0.6) is 5.75 Å². The molecule has 2 fully saturated rings. The van der Waals surface area contributed by atoms with E-state index in [1.54, 1.807) is 6.07 Å². The van der Waals surface area contributed by atoms with Gasteiger partial charge in [-0.25, -0.2) is 0 Å². The average Bonchev–Trinajstić information content (AvgIpc) is 3.17. The zero-order chi connectivity index (χ0) is 18.5. The molecule has 1 amide bonds. The van der Waals surface area contributed by atoms with Crippen molar-refractivity contribution in [2.75, 3.05) is 6.54 Å². The largest absolute Gasteiger partial charge is 0.507 e. The normalized spacial score (nSPS) is 24.6. The second-order valence-corrected chi connectivity index (χ2v) is 7.69. The van der Waals surface area contributed by atoms with Crippen LogP contribution in [0.1, 0.15) is 73.7 Å². The summed E-state index contributed by atoms with van der Waals surface area (Å²) in [7, 11) is 0. The van der Waals surface area contributed by atoms with Crippen LogP contribution >= 0.6 is 0 Å². The van der Waals surface area contributed by atoms with E-state index in [0.717, 1.165) is 24.8 Å². The number of carbonyl (C=O) groups excluding carboxylic acids is 1. The second kappa shape index (κ2) is 6.11. The molecule has 1 N–H and O–H groups in total. The Morgan fingerprint density at radius 1 is 1.38 bits per heavy atom. The third kappa shape index (κ3) is 2.35. The third-order valence-electron chi connectivity index (χ3n) is 6.03. The molecule has 0 radical (unpaired) electrons. The van der Waals surface area contributed by atoms with E-state index in [1.165, 1.54) is 0 Å². The zero-order valence-corrected chi connectivity index (χ0v) is 15.5. The van der Waals surface area contributed by atoms with Gasteiger partial charge in [-0.15, -0.1) is 10.2 Å². The number of hydrogen-bond acceptors (Lipinski definition) is 5. The average molecular weight is 355 g/mol. The van der Waals surface area contributed by atoms with Crippen LogP contribution in [0.15, 0.2) is 22.6 Å². The molecule has 6 heteroatoms. The minimum absolute atomic E-state index is 0.0251. The number of phenolic OH excluding ortho intramolecular Hbond substituents is 1. The SMILES string of the molecule is CCc1nnc([C@]23CC[C@H]2CCN3C(=O)c2cc(C(C)C)ccc2O)o1. The fourth-order valence-electron chi connectivity index (χ4n) is 4.33. The van der Waals surface area contributed by atoms with Gasteiger partial charge in [0.2, 0.25) is 11.8 Å². The number of rotatable bonds is 4. The molecule has 1 saturated heterocycles. The van der Waals surface area contributed by atoms with E-state index in [4.69, 9.17) is 4.42 Å². The van der Waals surface area contributed by atoms with E-state index in [9.17, 15) is 9.90 Å². The van der Waals surface area contributed by atoms with Gasteiger partial charge in [0.25, 0.3) is 5.91 Å². The first-order chi connectivity index (χ1) is 12.5. The van der Waals surface area contributed by atoms with Crippen molar-refractivity contribution in [2.45, 2.75) is 57.9 Å². The minimum atomic E-state index is -0.502. The van der Waals surface area contributed by atoms with E-state index in [1.807, 2.05) is 24.0 Å². The number of amides is 1. The molecule has 1 aromatic heterocycles. The lowest BCUT2D eigenvalue weighted by Crippen LogP contribution is -2.54. The molecule has 2 aliphatic rings. The van der Waals surface area contributed by atoms with Gasteiger partial charge in [-0.05, 0) is 48.8 Å². The van der Waals surface area contributed by atoms with Gasteiger partial charge in [0.05, 0.1) is 5.56 Å². The van der Waals surface area contributed by atoms with E-state index in [-0.39, 0.29) is 17.6 Å². The number of likely N-dealkylation sites (tertiary alicyclic amines) is 1. The van der Waals surface area contributed by atoms with Crippen LogP contribution in [0.25, 0.3) is 0 Å². The summed E-state index contributed by atoms with van der Waals surface area (Å²) in [6, 6.07) is 5.30. The van der Waals surface area contributed by atoms with E-state index in [0.29, 0.717) is 36.2 Å². The first kappa shape index (κ1) is 17.1. The van der Waals surface area contributed by atoms with Crippen molar-refractivity contribution in [1.82, 2.24) is 15.1 Å². The molecular formula is C20H25N3O3. The molecule has 26 heavy (non-hydrogen) atoms. The Morgan fingerprint density at radius 3 is 2.81 bits per heavy atom. The fraction of sp³-hybridized carbons (Fsp3) is 0.550. The van der Waals surface area contributed by atoms with E-state index < -0.39 is 5.54 Å². The van der Waals surface area contributed by atoms with Gasteiger partial charge in [0.1, 0.15) is 11.3 Å². The summed E-state index contributed by atoms with van der Waals surface area (Å²) in [5, 5.41) is 18.7. The lowest BCUT2D eigenvalue weighted by molar-refractivity contribution is -0.00373. The maximum Gasteiger partial charge on any atom is 0.258 e. The molecular weight excluding hydrogens is 330 g/mol. The van der Waals surface area contributed by atoms with Crippen LogP contribution in [-0.2, 0) is 12.0 Å². The minimum Gasteiger partial charge on any atom is -0.507 e. The number of hydrogen-bond donors (Lipinski definition) is 1.